The van der Waals surface area contributed by atoms with Gasteiger partial charge >= 0.3 is 0 Å². The lowest BCUT2D eigenvalue weighted by Crippen LogP contribution is -2.18. The molecule has 0 fully saturated rings. The number of amides is 1. The summed E-state index contributed by atoms with van der Waals surface area (Å²) in [6.45, 7) is 1.22. The third-order valence-corrected chi connectivity index (χ3v) is 5.97. The van der Waals surface area contributed by atoms with Crippen molar-refractivity contribution in [2.45, 2.75) is 6.92 Å². The molecule has 13 heteroatoms. The van der Waals surface area contributed by atoms with Gasteiger partial charge in [0, 0.05) is 36.4 Å². The summed E-state index contributed by atoms with van der Waals surface area (Å²) in [4.78, 5) is 24.4. The van der Waals surface area contributed by atoms with Crippen LogP contribution >= 0.6 is 0 Å². The minimum absolute atomic E-state index is 0.0351. The number of Topliss-reactive ketones (excluding diaryl/α,β-unsaturated/α-hetero) is 1. The van der Waals surface area contributed by atoms with Gasteiger partial charge in [0.15, 0.2) is 5.75 Å². The van der Waals surface area contributed by atoms with E-state index in [2.05, 4.69) is 26.1 Å². The van der Waals surface area contributed by atoms with Crippen molar-refractivity contribution in [3.63, 3.8) is 0 Å². The van der Waals surface area contributed by atoms with E-state index in [9.17, 15) is 14.7 Å². The Labute approximate surface area is 247 Å². The van der Waals surface area contributed by atoms with Gasteiger partial charge in [-0.25, -0.2) is 0 Å². The first kappa shape index (κ1) is 30.7. The van der Waals surface area contributed by atoms with E-state index in [1.54, 1.807) is 60.7 Å². The number of carbonyl (C=O) groups is 2. The minimum atomic E-state index is -0.289. The van der Waals surface area contributed by atoms with Crippen molar-refractivity contribution in [1.29, 1.82) is 0 Å². The second-order valence-electron chi connectivity index (χ2n) is 8.95. The molecule has 0 heterocycles. The third-order valence-electron chi connectivity index (χ3n) is 5.97. The minimum Gasteiger partial charge on any atom is -0.494 e. The number of aliphatic hydroxyl groups excluding tert-OH is 2. The van der Waals surface area contributed by atoms with E-state index in [1.165, 1.54) is 21.1 Å². The predicted octanol–water partition coefficient (Wildman–Crippen LogP) is 4.50. The molecule has 0 aromatic heterocycles. The molecule has 13 nitrogen and oxygen atoms in total. The van der Waals surface area contributed by atoms with E-state index in [1.807, 2.05) is 0 Å². The zero-order valence-corrected chi connectivity index (χ0v) is 23.8. The number of ketones is 1. The Balaban J connectivity index is 1.57. The number of anilines is 2. The molecule has 43 heavy (non-hydrogen) atoms. The molecule has 1 aliphatic carbocycles. The smallest absolute Gasteiger partial charge is 0.221 e. The average molecular weight is 590 g/mol. The number of hydrogen-bond donors (Lipinski definition) is 4. The van der Waals surface area contributed by atoms with E-state index in [4.69, 9.17) is 24.1 Å². The van der Waals surface area contributed by atoms with Crippen LogP contribution in [0.15, 0.2) is 69.9 Å². The Bertz CT molecular complexity index is 1580. The van der Waals surface area contributed by atoms with Gasteiger partial charge in [0.1, 0.15) is 53.2 Å². The molecule has 0 saturated carbocycles. The first-order valence-electron chi connectivity index (χ1n) is 13.1. The standard InChI is InChI=1S/C30H31N5O8/c1-18(38)31-20-5-7-22-19(14-20)4-8-24(30(22)39)33-35-26-17-27(40-2)25(16-28(26)41-3)34-32-23-9-6-21(42-12-10-36)15-29(23)43-13-11-37/h4-9,14-17,35-37H,10-13H2,1-3H3,(H,31,38)/b33-24-,34-32+. The van der Waals surface area contributed by atoms with Gasteiger partial charge in [0.2, 0.25) is 11.7 Å². The molecule has 0 radical (unpaired) electrons. The molecule has 0 spiro atoms. The topological polar surface area (TPSA) is 173 Å². The van der Waals surface area contributed by atoms with E-state index < -0.39 is 0 Å². The Kier molecular flexibility index (Phi) is 10.4. The van der Waals surface area contributed by atoms with Crippen LogP contribution in [0.1, 0.15) is 22.8 Å². The monoisotopic (exact) mass is 589 g/mol. The van der Waals surface area contributed by atoms with Gasteiger partial charge < -0.3 is 34.5 Å². The summed E-state index contributed by atoms with van der Waals surface area (Å²) in [6, 6.07) is 13.1. The first-order chi connectivity index (χ1) is 20.9. The molecule has 4 rings (SSSR count). The average Bonchev–Trinajstić information content (AvgIpc) is 3.01. The molecular formula is C30H31N5O8. The number of benzene rings is 3. The van der Waals surface area contributed by atoms with Gasteiger partial charge in [0.25, 0.3) is 0 Å². The van der Waals surface area contributed by atoms with Gasteiger partial charge in [0.05, 0.1) is 27.4 Å². The maximum Gasteiger partial charge on any atom is 0.221 e. The number of carbonyl (C=O) groups excluding carboxylic acids is 2. The maximum atomic E-state index is 13.1. The van der Waals surface area contributed by atoms with Crippen molar-refractivity contribution in [3.05, 3.63) is 65.7 Å². The van der Waals surface area contributed by atoms with E-state index >= 15 is 0 Å². The number of nitrogens with one attached hydrogen (secondary N) is 2. The second kappa shape index (κ2) is 14.6. The molecule has 4 N–H and O–H groups in total. The number of rotatable bonds is 13. The van der Waals surface area contributed by atoms with Crippen LogP contribution in [0.4, 0.5) is 22.7 Å². The Morgan fingerprint density at radius 3 is 2.30 bits per heavy atom. The van der Waals surface area contributed by atoms with Crippen molar-refractivity contribution in [1.82, 2.24) is 0 Å². The van der Waals surface area contributed by atoms with Crippen molar-refractivity contribution < 1.29 is 38.7 Å². The third kappa shape index (κ3) is 7.72. The van der Waals surface area contributed by atoms with Crippen molar-refractivity contribution in [2.24, 2.45) is 15.3 Å². The number of ether oxygens (including phenoxy) is 4. The number of methoxy groups -OCH3 is 2. The van der Waals surface area contributed by atoms with Crippen molar-refractivity contribution >= 4 is 46.2 Å². The van der Waals surface area contributed by atoms with Crippen LogP contribution in [0.5, 0.6) is 23.0 Å². The molecule has 224 valence electrons. The molecule has 0 saturated heterocycles. The number of fused-ring (bicyclic) bond motifs is 1. The summed E-state index contributed by atoms with van der Waals surface area (Å²) in [7, 11) is 2.95. The first-order valence-corrected chi connectivity index (χ1v) is 13.1. The zero-order chi connectivity index (χ0) is 30.8. The molecule has 0 atom stereocenters. The molecule has 3 aromatic carbocycles. The molecule has 0 unspecified atom stereocenters. The number of hydrogen-bond acceptors (Lipinski definition) is 12. The Hall–Kier alpha value is -5.27. The summed E-state index contributed by atoms with van der Waals surface area (Å²) >= 11 is 0. The highest BCUT2D eigenvalue weighted by Crippen LogP contribution is 2.40. The van der Waals surface area contributed by atoms with Crippen LogP contribution in [0.25, 0.3) is 6.08 Å². The quantitative estimate of drug-likeness (QED) is 0.165. The van der Waals surface area contributed by atoms with Crippen molar-refractivity contribution in [2.75, 3.05) is 51.4 Å². The largest absolute Gasteiger partial charge is 0.494 e. The van der Waals surface area contributed by atoms with Crippen LogP contribution in [0.3, 0.4) is 0 Å². The molecule has 0 bridgehead atoms. The maximum absolute atomic E-state index is 13.1. The van der Waals surface area contributed by atoms with E-state index in [-0.39, 0.29) is 43.8 Å². The number of allylic oxidation sites excluding steroid dienone is 1. The SMILES string of the molecule is COc1cc(N/N=C2/C=Cc3cc(NC(C)=O)ccc3C2=O)c(OC)cc1/N=N/c1ccc(OCCO)cc1OCCO. The molecule has 0 aliphatic heterocycles. The van der Waals surface area contributed by atoms with Crippen LogP contribution in [-0.4, -0.2) is 68.3 Å². The summed E-state index contributed by atoms with van der Waals surface area (Å²) in [5.41, 5.74) is 5.87. The van der Waals surface area contributed by atoms with Crippen LogP contribution in [0, 0.1) is 0 Å². The lowest BCUT2D eigenvalue weighted by Gasteiger charge is -2.15. The second-order valence-corrected chi connectivity index (χ2v) is 8.95. The lowest BCUT2D eigenvalue weighted by molar-refractivity contribution is -0.114. The highest BCUT2D eigenvalue weighted by Gasteiger charge is 2.20. The number of azo groups is 1. The fourth-order valence-corrected chi connectivity index (χ4v) is 4.04. The van der Waals surface area contributed by atoms with Crippen LogP contribution < -0.4 is 29.7 Å². The van der Waals surface area contributed by atoms with Crippen LogP contribution in [-0.2, 0) is 4.79 Å². The van der Waals surface area contributed by atoms with E-state index in [0.29, 0.717) is 56.9 Å². The summed E-state index contributed by atoms with van der Waals surface area (Å²) in [6.07, 6.45) is 3.33. The van der Waals surface area contributed by atoms with Gasteiger partial charge in [-0.05, 0) is 42.0 Å². The number of nitrogens with zero attached hydrogens (tertiary/aromatic N) is 3. The zero-order valence-electron chi connectivity index (χ0n) is 23.8. The Morgan fingerprint density at radius 1 is 0.837 bits per heavy atom. The lowest BCUT2D eigenvalue weighted by atomic mass is 9.94. The normalized spacial score (nSPS) is 13.1. The Morgan fingerprint density at radius 2 is 1.58 bits per heavy atom. The predicted molar refractivity (Wildman–Crippen MR) is 160 cm³/mol. The number of aliphatic hydroxyl groups is 2. The molecular weight excluding hydrogens is 558 g/mol. The summed E-state index contributed by atoms with van der Waals surface area (Å²) in [5.74, 6) is 0.992. The van der Waals surface area contributed by atoms with Gasteiger partial charge in [-0.1, -0.05) is 6.08 Å². The van der Waals surface area contributed by atoms with Crippen LogP contribution in [0.2, 0.25) is 0 Å². The van der Waals surface area contributed by atoms with E-state index in [0.717, 1.165) is 0 Å². The number of hydrazone groups is 1. The highest BCUT2D eigenvalue weighted by atomic mass is 16.5. The fraction of sp³-hybridized carbons (Fsp3) is 0.233. The summed E-state index contributed by atoms with van der Waals surface area (Å²) < 4.78 is 22.0. The molecule has 1 aliphatic rings. The van der Waals surface area contributed by atoms with Gasteiger partial charge in [-0.15, -0.1) is 10.2 Å². The molecule has 1 amide bonds. The summed E-state index contributed by atoms with van der Waals surface area (Å²) in [5, 5.41) is 33.8. The molecule has 3 aromatic rings. The van der Waals surface area contributed by atoms with Gasteiger partial charge in [-0.2, -0.15) is 5.10 Å². The fourth-order valence-electron chi connectivity index (χ4n) is 4.04. The highest BCUT2D eigenvalue weighted by molar-refractivity contribution is 6.52. The van der Waals surface area contributed by atoms with Crippen molar-refractivity contribution in [3.8, 4) is 23.0 Å². The van der Waals surface area contributed by atoms with Gasteiger partial charge in [-0.3, -0.25) is 15.0 Å².